The molecule has 0 radical (unpaired) electrons. The molecule has 2 N–H and O–H groups in total. The SMILES string of the molecule is CNc1cncc(N2CCC(C)(O)CC2)n1. The van der Waals surface area contributed by atoms with E-state index in [0.717, 1.165) is 37.6 Å². The Bertz CT molecular complexity index is 357. The van der Waals surface area contributed by atoms with E-state index in [-0.39, 0.29) is 0 Å². The van der Waals surface area contributed by atoms with Gasteiger partial charge in [-0.25, -0.2) is 4.98 Å². The molecule has 1 aliphatic heterocycles. The van der Waals surface area contributed by atoms with Gasteiger partial charge >= 0.3 is 0 Å². The van der Waals surface area contributed by atoms with Crippen LogP contribution in [0.25, 0.3) is 0 Å². The Hall–Kier alpha value is -1.36. The summed E-state index contributed by atoms with van der Waals surface area (Å²) in [6.07, 6.45) is 5.02. The van der Waals surface area contributed by atoms with E-state index in [2.05, 4.69) is 20.2 Å². The fourth-order valence-corrected chi connectivity index (χ4v) is 1.85. The average molecular weight is 222 g/mol. The highest BCUT2D eigenvalue weighted by molar-refractivity contribution is 5.43. The highest BCUT2D eigenvalue weighted by atomic mass is 16.3. The van der Waals surface area contributed by atoms with Crippen molar-refractivity contribution in [1.29, 1.82) is 0 Å². The van der Waals surface area contributed by atoms with Crippen molar-refractivity contribution in [2.45, 2.75) is 25.4 Å². The van der Waals surface area contributed by atoms with Crippen LogP contribution >= 0.6 is 0 Å². The fourth-order valence-electron chi connectivity index (χ4n) is 1.85. The molecule has 0 spiro atoms. The predicted octanol–water partition coefficient (Wildman–Crippen LogP) is 0.869. The first-order chi connectivity index (χ1) is 7.61. The highest BCUT2D eigenvalue weighted by Crippen LogP contribution is 2.24. The Balaban J connectivity index is 2.08. The van der Waals surface area contributed by atoms with Crippen LogP contribution in [0.3, 0.4) is 0 Å². The highest BCUT2D eigenvalue weighted by Gasteiger charge is 2.27. The molecule has 1 aliphatic rings. The lowest BCUT2D eigenvalue weighted by atomic mass is 9.94. The van der Waals surface area contributed by atoms with Gasteiger partial charge in [-0.05, 0) is 19.8 Å². The van der Waals surface area contributed by atoms with Crippen LogP contribution in [-0.2, 0) is 0 Å². The van der Waals surface area contributed by atoms with Crippen molar-refractivity contribution in [3.63, 3.8) is 0 Å². The quantitative estimate of drug-likeness (QED) is 0.777. The van der Waals surface area contributed by atoms with Gasteiger partial charge in [0.15, 0.2) is 0 Å². The Morgan fingerprint density at radius 1 is 1.38 bits per heavy atom. The van der Waals surface area contributed by atoms with Gasteiger partial charge in [-0.3, -0.25) is 4.98 Å². The molecule has 0 saturated carbocycles. The van der Waals surface area contributed by atoms with Crippen molar-refractivity contribution in [2.75, 3.05) is 30.4 Å². The molecule has 16 heavy (non-hydrogen) atoms. The molecular formula is C11H18N4O. The first-order valence-corrected chi connectivity index (χ1v) is 5.58. The maximum absolute atomic E-state index is 9.86. The summed E-state index contributed by atoms with van der Waals surface area (Å²) in [6, 6.07) is 0. The third-order valence-electron chi connectivity index (χ3n) is 3.04. The summed E-state index contributed by atoms with van der Waals surface area (Å²) in [7, 11) is 1.83. The first kappa shape index (κ1) is 11.1. The zero-order chi connectivity index (χ0) is 11.6. The first-order valence-electron chi connectivity index (χ1n) is 5.58. The molecule has 0 unspecified atom stereocenters. The summed E-state index contributed by atoms with van der Waals surface area (Å²) >= 11 is 0. The molecule has 1 saturated heterocycles. The second-order valence-corrected chi connectivity index (χ2v) is 4.50. The lowest BCUT2D eigenvalue weighted by Gasteiger charge is -2.36. The number of anilines is 2. The van der Waals surface area contributed by atoms with Gasteiger partial charge in [-0.15, -0.1) is 0 Å². The standard InChI is InChI=1S/C11H18N4O/c1-11(16)3-5-15(6-4-11)10-8-13-7-9(12-2)14-10/h7-8,16H,3-6H2,1-2H3,(H,12,14). The molecule has 2 heterocycles. The molecule has 2 rings (SSSR count). The van der Waals surface area contributed by atoms with Gasteiger partial charge < -0.3 is 15.3 Å². The van der Waals surface area contributed by atoms with E-state index in [1.165, 1.54) is 0 Å². The van der Waals surface area contributed by atoms with Crippen molar-refractivity contribution in [1.82, 2.24) is 9.97 Å². The maximum atomic E-state index is 9.86. The van der Waals surface area contributed by atoms with Crippen molar-refractivity contribution in [2.24, 2.45) is 0 Å². The summed E-state index contributed by atoms with van der Waals surface area (Å²) < 4.78 is 0. The Morgan fingerprint density at radius 2 is 2.06 bits per heavy atom. The van der Waals surface area contributed by atoms with E-state index in [0.29, 0.717) is 0 Å². The molecule has 5 nitrogen and oxygen atoms in total. The number of nitrogens with one attached hydrogen (secondary N) is 1. The Labute approximate surface area is 95.5 Å². The average Bonchev–Trinajstić information content (AvgIpc) is 2.29. The Morgan fingerprint density at radius 3 is 2.69 bits per heavy atom. The molecule has 1 aromatic heterocycles. The zero-order valence-electron chi connectivity index (χ0n) is 9.77. The third-order valence-corrected chi connectivity index (χ3v) is 3.04. The van der Waals surface area contributed by atoms with E-state index in [1.54, 1.807) is 12.4 Å². The minimum atomic E-state index is -0.523. The second-order valence-electron chi connectivity index (χ2n) is 4.50. The van der Waals surface area contributed by atoms with Gasteiger partial charge in [-0.1, -0.05) is 0 Å². The molecule has 5 heteroatoms. The molecule has 0 amide bonds. The number of hydrogen-bond acceptors (Lipinski definition) is 5. The number of aromatic nitrogens is 2. The fraction of sp³-hybridized carbons (Fsp3) is 0.636. The van der Waals surface area contributed by atoms with E-state index >= 15 is 0 Å². The summed E-state index contributed by atoms with van der Waals surface area (Å²) in [5.41, 5.74) is -0.523. The van der Waals surface area contributed by atoms with Crippen molar-refractivity contribution in [3.8, 4) is 0 Å². The molecule has 0 aliphatic carbocycles. The second kappa shape index (κ2) is 4.25. The normalized spacial score (nSPS) is 19.6. The maximum Gasteiger partial charge on any atom is 0.149 e. The molecular weight excluding hydrogens is 204 g/mol. The van der Waals surface area contributed by atoms with Gasteiger partial charge in [0, 0.05) is 20.1 Å². The van der Waals surface area contributed by atoms with E-state index in [4.69, 9.17) is 0 Å². The monoisotopic (exact) mass is 222 g/mol. The largest absolute Gasteiger partial charge is 0.390 e. The van der Waals surface area contributed by atoms with Gasteiger partial charge in [0.2, 0.25) is 0 Å². The van der Waals surface area contributed by atoms with E-state index in [1.807, 2.05) is 14.0 Å². The van der Waals surface area contributed by atoms with Crippen LogP contribution in [0.2, 0.25) is 0 Å². The Kier molecular flexibility index (Phi) is 2.96. The van der Waals surface area contributed by atoms with Crippen LogP contribution in [0.4, 0.5) is 11.6 Å². The topological polar surface area (TPSA) is 61.3 Å². The number of aliphatic hydroxyl groups is 1. The van der Waals surface area contributed by atoms with E-state index in [9.17, 15) is 5.11 Å². The summed E-state index contributed by atoms with van der Waals surface area (Å²) in [5.74, 6) is 1.65. The van der Waals surface area contributed by atoms with Crippen LogP contribution in [0.5, 0.6) is 0 Å². The molecule has 0 atom stereocenters. The zero-order valence-corrected chi connectivity index (χ0v) is 9.77. The minimum Gasteiger partial charge on any atom is -0.390 e. The predicted molar refractivity (Wildman–Crippen MR) is 63.6 cm³/mol. The molecule has 88 valence electrons. The van der Waals surface area contributed by atoms with Crippen molar-refractivity contribution in [3.05, 3.63) is 12.4 Å². The van der Waals surface area contributed by atoms with Gasteiger partial charge in [0.05, 0.1) is 18.0 Å². The molecule has 1 fully saturated rings. The molecule has 1 aromatic rings. The van der Waals surface area contributed by atoms with Crippen LogP contribution in [-0.4, -0.2) is 40.8 Å². The molecule has 0 bridgehead atoms. The lowest BCUT2D eigenvalue weighted by molar-refractivity contribution is 0.0350. The number of nitrogens with zero attached hydrogens (tertiary/aromatic N) is 3. The smallest absolute Gasteiger partial charge is 0.149 e. The molecule has 0 aromatic carbocycles. The van der Waals surface area contributed by atoms with Crippen molar-refractivity contribution >= 4 is 11.6 Å². The summed E-state index contributed by atoms with van der Waals surface area (Å²) in [5, 5.41) is 12.8. The van der Waals surface area contributed by atoms with Crippen LogP contribution in [0, 0.1) is 0 Å². The van der Waals surface area contributed by atoms with Gasteiger partial charge in [0.25, 0.3) is 0 Å². The van der Waals surface area contributed by atoms with Crippen LogP contribution < -0.4 is 10.2 Å². The van der Waals surface area contributed by atoms with Crippen molar-refractivity contribution < 1.29 is 5.11 Å². The third kappa shape index (κ3) is 2.41. The number of rotatable bonds is 2. The summed E-state index contributed by atoms with van der Waals surface area (Å²) in [6.45, 7) is 3.55. The van der Waals surface area contributed by atoms with E-state index < -0.39 is 5.60 Å². The number of piperidine rings is 1. The number of hydrogen-bond donors (Lipinski definition) is 2. The van der Waals surface area contributed by atoms with Gasteiger partial charge in [0.1, 0.15) is 11.6 Å². The van der Waals surface area contributed by atoms with Crippen LogP contribution in [0.1, 0.15) is 19.8 Å². The lowest BCUT2D eigenvalue weighted by Crippen LogP contribution is -2.42. The minimum absolute atomic E-state index is 0.523. The van der Waals surface area contributed by atoms with Crippen LogP contribution in [0.15, 0.2) is 12.4 Å². The van der Waals surface area contributed by atoms with Gasteiger partial charge in [-0.2, -0.15) is 0 Å². The summed E-state index contributed by atoms with van der Waals surface area (Å²) in [4.78, 5) is 10.7.